The zero-order valence-electron chi connectivity index (χ0n) is 12.3. The Balaban J connectivity index is 2.19. The minimum Gasteiger partial charge on any atom is -0.382 e. The van der Waals surface area contributed by atoms with E-state index in [1.165, 1.54) is 37.7 Å². The molecule has 2 N–H and O–H groups in total. The van der Waals surface area contributed by atoms with Crippen LogP contribution in [0.4, 0.5) is 5.69 Å². The molecule has 0 heterocycles. The third-order valence-electron chi connectivity index (χ3n) is 4.14. The fourth-order valence-corrected chi connectivity index (χ4v) is 2.84. The number of aryl methyl sites for hydroxylation is 1. The molecule has 0 spiro atoms. The lowest BCUT2D eigenvalue weighted by molar-refractivity contribution is 0.462. The molecule has 1 aromatic carbocycles. The molecule has 2 heteroatoms. The topological polar surface area (TPSA) is 35.9 Å². The molecule has 19 heavy (non-hydrogen) atoms. The van der Waals surface area contributed by atoms with Crippen LogP contribution in [0.2, 0.25) is 0 Å². The lowest BCUT2D eigenvalue weighted by Crippen LogP contribution is -2.23. The zero-order valence-corrected chi connectivity index (χ0v) is 12.3. The third kappa shape index (κ3) is 3.59. The molecule has 1 fully saturated rings. The maximum Gasteiger partial charge on any atom is 0.0434 e. The van der Waals surface area contributed by atoms with E-state index in [2.05, 4.69) is 37.4 Å². The largest absolute Gasteiger partial charge is 0.382 e. The molecule has 0 atom stereocenters. The van der Waals surface area contributed by atoms with Crippen LogP contribution >= 0.6 is 0 Å². The standard InChI is InChI=1S/C17H26N2/c1-3-13-10-11-17(15(12-13)16(18)4-2)19-14-8-6-5-7-9-14/h10-12,14,18-19H,3-9H2,1-2H3. The van der Waals surface area contributed by atoms with Crippen molar-refractivity contribution in [2.24, 2.45) is 0 Å². The summed E-state index contributed by atoms with van der Waals surface area (Å²) in [5.74, 6) is 0. The highest BCUT2D eigenvalue weighted by atomic mass is 14.9. The van der Waals surface area contributed by atoms with Crippen molar-refractivity contribution >= 4 is 11.4 Å². The highest BCUT2D eigenvalue weighted by Crippen LogP contribution is 2.25. The summed E-state index contributed by atoms with van der Waals surface area (Å²) in [6, 6.07) is 7.16. The van der Waals surface area contributed by atoms with Gasteiger partial charge in [-0.25, -0.2) is 0 Å². The highest BCUT2D eigenvalue weighted by molar-refractivity contribution is 6.03. The second kappa shape index (κ2) is 6.74. The Morgan fingerprint density at radius 2 is 1.95 bits per heavy atom. The van der Waals surface area contributed by atoms with Crippen LogP contribution < -0.4 is 5.32 Å². The average Bonchev–Trinajstić information content (AvgIpc) is 2.48. The van der Waals surface area contributed by atoms with Crippen LogP contribution in [-0.2, 0) is 6.42 Å². The van der Waals surface area contributed by atoms with Crippen molar-refractivity contribution in [3.8, 4) is 0 Å². The molecule has 1 aliphatic carbocycles. The molecular formula is C17H26N2. The van der Waals surface area contributed by atoms with E-state index in [-0.39, 0.29) is 0 Å². The van der Waals surface area contributed by atoms with Gasteiger partial charge in [-0.1, -0.05) is 39.2 Å². The molecule has 0 unspecified atom stereocenters. The fraction of sp³-hybridized carbons (Fsp3) is 0.588. The fourth-order valence-electron chi connectivity index (χ4n) is 2.84. The highest BCUT2D eigenvalue weighted by Gasteiger charge is 2.15. The van der Waals surface area contributed by atoms with Gasteiger partial charge in [-0.2, -0.15) is 0 Å². The van der Waals surface area contributed by atoms with Crippen LogP contribution in [0.1, 0.15) is 63.5 Å². The summed E-state index contributed by atoms with van der Waals surface area (Å²) in [5, 5.41) is 11.8. The van der Waals surface area contributed by atoms with Crippen molar-refractivity contribution in [1.29, 1.82) is 5.41 Å². The summed E-state index contributed by atoms with van der Waals surface area (Å²) in [5.41, 5.74) is 4.33. The van der Waals surface area contributed by atoms with E-state index in [0.29, 0.717) is 6.04 Å². The maximum absolute atomic E-state index is 8.17. The van der Waals surface area contributed by atoms with Crippen LogP contribution in [0.25, 0.3) is 0 Å². The summed E-state index contributed by atoms with van der Waals surface area (Å²) in [4.78, 5) is 0. The van der Waals surface area contributed by atoms with Crippen molar-refractivity contribution in [2.75, 3.05) is 5.32 Å². The van der Waals surface area contributed by atoms with Crippen LogP contribution in [0, 0.1) is 5.41 Å². The van der Waals surface area contributed by atoms with E-state index in [4.69, 9.17) is 5.41 Å². The van der Waals surface area contributed by atoms with E-state index in [0.717, 1.165) is 29.8 Å². The van der Waals surface area contributed by atoms with E-state index in [9.17, 15) is 0 Å². The first-order chi connectivity index (χ1) is 9.24. The van der Waals surface area contributed by atoms with Gasteiger partial charge in [0, 0.05) is 23.0 Å². The van der Waals surface area contributed by atoms with E-state index in [1.54, 1.807) is 0 Å². The van der Waals surface area contributed by atoms with E-state index < -0.39 is 0 Å². The van der Waals surface area contributed by atoms with Crippen LogP contribution in [-0.4, -0.2) is 11.8 Å². The van der Waals surface area contributed by atoms with Gasteiger partial charge in [0.05, 0.1) is 0 Å². The number of hydrogen-bond acceptors (Lipinski definition) is 2. The number of hydrogen-bond donors (Lipinski definition) is 2. The van der Waals surface area contributed by atoms with Gasteiger partial charge in [-0.05, 0) is 43.4 Å². The third-order valence-corrected chi connectivity index (χ3v) is 4.14. The van der Waals surface area contributed by atoms with Gasteiger partial charge in [0.2, 0.25) is 0 Å². The van der Waals surface area contributed by atoms with Gasteiger partial charge in [-0.3, -0.25) is 0 Å². The molecule has 1 saturated carbocycles. The first kappa shape index (κ1) is 14.1. The Morgan fingerprint density at radius 3 is 2.58 bits per heavy atom. The Hall–Kier alpha value is -1.31. The Labute approximate surface area is 117 Å². The number of nitrogens with one attached hydrogen (secondary N) is 2. The van der Waals surface area contributed by atoms with E-state index >= 15 is 0 Å². The molecule has 0 amide bonds. The van der Waals surface area contributed by atoms with Crippen molar-refractivity contribution in [1.82, 2.24) is 0 Å². The molecule has 0 radical (unpaired) electrons. The first-order valence-electron chi connectivity index (χ1n) is 7.71. The molecule has 0 bridgehead atoms. The summed E-state index contributed by atoms with van der Waals surface area (Å²) in [6.07, 6.45) is 8.43. The maximum atomic E-state index is 8.17. The van der Waals surface area contributed by atoms with Crippen LogP contribution in [0.5, 0.6) is 0 Å². The van der Waals surface area contributed by atoms with Gasteiger partial charge in [-0.15, -0.1) is 0 Å². The normalized spacial score (nSPS) is 16.3. The second-order valence-electron chi connectivity index (χ2n) is 5.54. The van der Waals surface area contributed by atoms with Crippen molar-refractivity contribution in [3.63, 3.8) is 0 Å². The van der Waals surface area contributed by atoms with Crippen LogP contribution in [0.3, 0.4) is 0 Å². The monoisotopic (exact) mass is 258 g/mol. The molecule has 1 aliphatic rings. The van der Waals surface area contributed by atoms with Crippen molar-refractivity contribution in [2.45, 2.75) is 64.8 Å². The predicted molar refractivity (Wildman–Crippen MR) is 83.4 cm³/mol. The zero-order chi connectivity index (χ0) is 13.7. The van der Waals surface area contributed by atoms with Gasteiger partial charge < -0.3 is 10.7 Å². The lowest BCUT2D eigenvalue weighted by Gasteiger charge is -2.25. The van der Waals surface area contributed by atoms with Crippen molar-refractivity contribution < 1.29 is 0 Å². The van der Waals surface area contributed by atoms with Crippen LogP contribution in [0.15, 0.2) is 18.2 Å². The first-order valence-corrected chi connectivity index (χ1v) is 7.71. The average molecular weight is 258 g/mol. The van der Waals surface area contributed by atoms with Crippen molar-refractivity contribution in [3.05, 3.63) is 29.3 Å². The van der Waals surface area contributed by atoms with Gasteiger partial charge in [0.1, 0.15) is 0 Å². The van der Waals surface area contributed by atoms with E-state index in [1.807, 2.05) is 0 Å². The second-order valence-corrected chi connectivity index (χ2v) is 5.54. The van der Waals surface area contributed by atoms with Gasteiger partial charge in [0.15, 0.2) is 0 Å². The summed E-state index contributed by atoms with van der Waals surface area (Å²) < 4.78 is 0. The molecule has 0 aliphatic heterocycles. The van der Waals surface area contributed by atoms with Gasteiger partial charge >= 0.3 is 0 Å². The summed E-state index contributed by atoms with van der Waals surface area (Å²) in [6.45, 7) is 4.23. The Bertz CT molecular complexity index is 431. The predicted octanol–water partition coefficient (Wildman–Crippen LogP) is 4.77. The number of anilines is 1. The molecular weight excluding hydrogens is 232 g/mol. The number of benzene rings is 1. The Kier molecular flexibility index (Phi) is 5.00. The molecule has 0 aromatic heterocycles. The lowest BCUT2D eigenvalue weighted by atomic mass is 9.94. The molecule has 2 nitrogen and oxygen atoms in total. The minimum absolute atomic E-state index is 0.602. The summed E-state index contributed by atoms with van der Waals surface area (Å²) in [7, 11) is 0. The quantitative estimate of drug-likeness (QED) is 0.733. The Morgan fingerprint density at radius 1 is 1.21 bits per heavy atom. The SMILES string of the molecule is CCC(=N)c1cc(CC)ccc1NC1CCCCC1. The molecule has 2 rings (SSSR count). The number of rotatable bonds is 5. The minimum atomic E-state index is 0.602. The van der Waals surface area contributed by atoms with Gasteiger partial charge in [0.25, 0.3) is 0 Å². The molecule has 104 valence electrons. The molecule has 0 saturated heterocycles. The summed E-state index contributed by atoms with van der Waals surface area (Å²) >= 11 is 0. The molecule has 1 aromatic rings. The smallest absolute Gasteiger partial charge is 0.0434 e.